The number of fused-ring (bicyclic) bond motifs is 18. The third kappa shape index (κ3) is 9.00. The van der Waals surface area contributed by atoms with Gasteiger partial charge in [0.1, 0.15) is 0 Å². The first-order valence-electron chi connectivity index (χ1n) is 34.6. The van der Waals surface area contributed by atoms with E-state index in [0.29, 0.717) is 5.82 Å². The zero-order chi connectivity index (χ0) is 66.7. The Kier molecular flexibility index (Phi) is 12.6. The number of hydrogen-bond donors (Lipinski definition) is 0. The van der Waals surface area contributed by atoms with E-state index in [1.807, 2.05) is 34.0 Å². The molecule has 22 aromatic rings. The normalized spacial score (nSPS) is 12.1. The van der Waals surface area contributed by atoms with Crippen molar-refractivity contribution in [2.24, 2.45) is 0 Å². The lowest BCUT2D eigenvalue weighted by Crippen LogP contribution is -1.99. The van der Waals surface area contributed by atoms with Crippen LogP contribution in [0, 0.1) is 0 Å². The number of benzene rings is 15. The van der Waals surface area contributed by atoms with Crippen molar-refractivity contribution in [1.82, 2.24) is 23.7 Å². The average Bonchev–Trinajstić information content (AvgIpc) is 1.57. The highest BCUT2D eigenvalue weighted by molar-refractivity contribution is 7.26. The molecule has 0 atom stereocenters. The summed E-state index contributed by atoms with van der Waals surface area (Å²) in [5, 5.41) is 15.1. The molecule has 474 valence electrons. The maximum absolute atomic E-state index is 5.61. The molecule has 0 radical (unpaired) electrons. The number of para-hydroxylation sites is 3. The fourth-order valence-corrected chi connectivity index (χ4v) is 19.5. The van der Waals surface area contributed by atoms with Crippen molar-refractivity contribution < 1.29 is 0 Å². The maximum atomic E-state index is 5.61. The van der Waals surface area contributed by atoms with Crippen molar-refractivity contribution in [3.05, 3.63) is 334 Å². The number of hydrogen-bond acceptors (Lipinski definition) is 5. The Morgan fingerprint density at radius 3 is 0.902 bits per heavy atom. The van der Waals surface area contributed by atoms with Crippen molar-refractivity contribution in [1.29, 1.82) is 0 Å². The predicted octanol–water partition coefficient (Wildman–Crippen LogP) is 26.9. The third-order valence-electron chi connectivity index (χ3n) is 21.1. The predicted molar refractivity (Wildman–Crippen MR) is 436 cm³/mol. The molecule has 5 nitrogen and oxygen atoms in total. The summed E-state index contributed by atoms with van der Waals surface area (Å²) in [6.45, 7) is 0. The molecule has 0 aliphatic rings. The van der Waals surface area contributed by atoms with Crippen molar-refractivity contribution >= 4 is 160 Å². The van der Waals surface area contributed by atoms with Crippen LogP contribution >= 0.6 is 34.0 Å². The second kappa shape index (κ2) is 22.5. The molecule has 0 fully saturated rings. The first-order valence-corrected chi connectivity index (χ1v) is 37.0. The van der Waals surface area contributed by atoms with Crippen LogP contribution in [0.5, 0.6) is 0 Å². The molecule has 0 spiro atoms. The molecule has 7 aromatic heterocycles. The molecule has 0 saturated carbocycles. The van der Waals surface area contributed by atoms with Crippen LogP contribution in [0.4, 0.5) is 0 Å². The van der Waals surface area contributed by atoms with Gasteiger partial charge in [0.05, 0.1) is 44.5 Å². The third-order valence-corrected chi connectivity index (χ3v) is 24.5. The summed E-state index contributed by atoms with van der Waals surface area (Å²) >= 11 is 5.57. The van der Waals surface area contributed by atoms with E-state index in [0.717, 1.165) is 78.2 Å². The van der Waals surface area contributed by atoms with Crippen molar-refractivity contribution in [3.63, 3.8) is 0 Å². The lowest BCUT2D eigenvalue weighted by atomic mass is 10.0. The smallest absolute Gasteiger partial charge is 0.160 e. The van der Waals surface area contributed by atoms with E-state index in [1.54, 1.807) is 0 Å². The van der Waals surface area contributed by atoms with Crippen LogP contribution < -0.4 is 0 Å². The molecular weight excluding hydrogens is 1300 g/mol. The minimum absolute atomic E-state index is 0.640. The molecule has 0 saturated heterocycles. The van der Waals surface area contributed by atoms with Gasteiger partial charge in [-0.05, 0) is 185 Å². The fourth-order valence-electron chi connectivity index (χ4n) is 16.3. The number of aromatic nitrogens is 5. The van der Waals surface area contributed by atoms with Crippen LogP contribution in [0.25, 0.3) is 210 Å². The van der Waals surface area contributed by atoms with Crippen LogP contribution in [0.2, 0.25) is 0 Å². The summed E-state index contributed by atoms with van der Waals surface area (Å²) in [4.78, 5) is 11.2. The topological polar surface area (TPSA) is 40.6 Å². The summed E-state index contributed by atoms with van der Waals surface area (Å²) in [6, 6.07) is 123. The number of thiophene rings is 3. The van der Waals surface area contributed by atoms with Crippen molar-refractivity contribution in [2.75, 3.05) is 0 Å². The second-order valence-electron chi connectivity index (χ2n) is 26.8. The number of nitrogens with zero attached hydrogens (tertiary/aromatic N) is 5. The fraction of sp³-hybridized carbons (Fsp3) is 0. The standard InChI is InChI=1S/C94H55N5S3/c1-7-25-82-68(19-1)74-49-57(60-36-44-91-77(52-60)71-22-4-10-28-88(71)100-91)33-41-85(74)97(82)65-39-31-56(32-40-65)80-55-81(63-15-13-17-66(47-63)98-83-26-8-2-20-69(83)75-50-58(34-42-86(75)98)61-37-45-92-78(53-61)72-23-5-11-29-89(72)101-92)96-94(95-80)64-16-14-18-67(48-64)99-84-27-9-3-21-70(84)76-51-59(35-43-87(76)99)62-38-46-93-79(54-62)73-24-6-12-30-90(73)102-93/h1-55H. The van der Waals surface area contributed by atoms with Crippen LogP contribution in [-0.4, -0.2) is 23.7 Å². The van der Waals surface area contributed by atoms with Gasteiger partial charge in [0.15, 0.2) is 5.82 Å². The zero-order valence-corrected chi connectivity index (χ0v) is 57.2. The average molecular weight is 1350 g/mol. The lowest BCUT2D eigenvalue weighted by molar-refractivity contribution is 1.15. The molecule has 0 N–H and O–H groups in total. The van der Waals surface area contributed by atoms with Crippen LogP contribution in [0.15, 0.2) is 334 Å². The van der Waals surface area contributed by atoms with E-state index in [9.17, 15) is 0 Å². The van der Waals surface area contributed by atoms with Crippen molar-refractivity contribution in [2.45, 2.75) is 0 Å². The summed E-state index contributed by atoms with van der Waals surface area (Å²) in [5.41, 5.74) is 21.8. The lowest BCUT2D eigenvalue weighted by Gasteiger charge is -2.14. The molecule has 7 heterocycles. The van der Waals surface area contributed by atoms with E-state index in [-0.39, 0.29) is 0 Å². The Bertz CT molecular complexity index is 6980. The zero-order valence-electron chi connectivity index (χ0n) is 54.7. The molecular formula is C94H55N5S3. The van der Waals surface area contributed by atoms with Gasteiger partial charge in [-0.15, -0.1) is 34.0 Å². The van der Waals surface area contributed by atoms with Gasteiger partial charge < -0.3 is 13.7 Å². The van der Waals surface area contributed by atoms with Gasteiger partial charge in [-0.25, -0.2) is 9.97 Å². The van der Waals surface area contributed by atoms with Gasteiger partial charge in [0.25, 0.3) is 0 Å². The molecule has 15 aromatic carbocycles. The summed E-state index contributed by atoms with van der Waals surface area (Å²) in [7, 11) is 0. The number of rotatable bonds is 9. The van der Waals surface area contributed by atoms with Gasteiger partial charge in [-0.3, -0.25) is 0 Å². The van der Waals surface area contributed by atoms with Gasteiger partial charge in [-0.2, -0.15) is 0 Å². The highest BCUT2D eigenvalue weighted by Gasteiger charge is 2.21. The van der Waals surface area contributed by atoms with Gasteiger partial charge in [0.2, 0.25) is 0 Å². The highest BCUT2D eigenvalue weighted by atomic mass is 32.1. The quantitative estimate of drug-likeness (QED) is 0.144. The molecule has 22 rings (SSSR count). The first kappa shape index (κ1) is 57.4. The monoisotopic (exact) mass is 1350 g/mol. The van der Waals surface area contributed by atoms with Gasteiger partial charge in [-0.1, -0.05) is 182 Å². The Balaban J connectivity index is 0.672. The van der Waals surface area contributed by atoms with Gasteiger partial charge in [0, 0.05) is 127 Å². The van der Waals surface area contributed by atoms with E-state index in [1.165, 1.54) is 126 Å². The van der Waals surface area contributed by atoms with Crippen LogP contribution in [0.1, 0.15) is 0 Å². The van der Waals surface area contributed by atoms with E-state index < -0.39 is 0 Å². The SMILES string of the molecule is c1cc(-c2cc(-c3ccc(-n4c5ccccc5c5cc(-c6ccc7sc8ccccc8c7c6)ccc54)cc3)nc(-c3cccc(-n4c5ccccc5c5cc(-c6ccc7sc8ccccc8c7c6)ccc54)c3)n2)cc(-n2c3ccccc3c3cc(-c4ccc5sc6ccccc6c5c4)ccc32)c1. The molecule has 0 aliphatic carbocycles. The molecule has 0 bridgehead atoms. The van der Waals surface area contributed by atoms with E-state index in [4.69, 9.17) is 9.97 Å². The summed E-state index contributed by atoms with van der Waals surface area (Å²) in [6.07, 6.45) is 0. The van der Waals surface area contributed by atoms with E-state index >= 15 is 0 Å². The Labute approximate surface area is 597 Å². The van der Waals surface area contributed by atoms with Crippen molar-refractivity contribution in [3.8, 4) is 84.3 Å². The van der Waals surface area contributed by atoms with E-state index in [2.05, 4.69) is 347 Å². The highest BCUT2D eigenvalue weighted by Crippen LogP contribution is 2.45. The van der Waals surface area contributed by atoms with Crippen LogP contribution in [0.3, 0.4) is 0 Å². The minimum atomic E-state index is 0.640. The summed E-state index contributed by atoms with van der Waals surface area (Å²) in [5.74, 6) is 0.640. The molecule has 0 unspecified atom stereocenters. The van der Waals surface area contributed by atoms with Crippen LogP contribution in [-0.2, 0) is 0 Å². The molecule has 0 amide bonds. The molecule has 102 heavy (non-hydrogen) atoms. The van der Waals surface area contributed by atoms with Gasteiger partial charge >= 0.3 is 0 Å². The minimum Gasteiger partial charge on any atom is -0.309 e. The Morgan fingerprint density at radius 2 is 0.480 bits per heavy atom. The maximum Gasteiger partial charge on any atom is 0.160 e. The molecule has 0 aliphatic heterocycles. The summed E-state index contributed by atoms with van der Waals surface area (Å²) < 4.78 is 15.1. The Hall–Kier alpha value is -12.6. The first-order chi connectivity index (χ1) is 50.5. The second-order valence-corrected chi connectivity index (χ2v) is 30.0. The Morgan fingerprint density at radius 1 is 0.176 bits per heavy atom. The largest absolute Gasteiger partial charge is 0.309 e. The molecule has 8 heteroatoms.